The molecule has 2 aromatic carbocycles. The quantitative estimate of drug-likeness (QED) is 0.867. The Morgan fingerprint density at radius 2 is 1.74 bits per heavy atom. The summed E-state index contributed by atoms with van der Waals surface area (Å²) in [6.07, 6.45) is 0. The number of hydrogen-bond donors (Lipinski definition) is 2. The number of fused-ring (bicyclic) bond motifs is 1. The summed E-state index contributed by atoms with van der Waals surface area (Å²) in [5, 5.41) is 6.04. The van der Waals surface area contributed by atoms with E-state index in [2.05, 4.69) is 10.6 Å². The van der Waals surface area contributed by atoms with Crippen LogP contribution in [-0.4, -0.2) is 24.9 Å². The number of halogens is 1. The number of amides is 2. The van der Waals surface area contributed by atoms with Crippen molar-refractivity contribution >= 4 is 23.2 Å². The highest BCUT2D eigenvalue weighted by Crippen LogP contribution is 2.42. The molecule has 2 aromatic rings. The average Bonchev–Trinajstić information content (AvgIpc) is 2.65. The minimum atomic E-state index is -0.333. The maximum atomic E-state index is 14.0. The highest BCUT2D eigenvalue weighted by Gasteiger charge is 2.38. The average molecular weight is 369 g/mol. The third-order valence-electron chi connectivity index (χ3n) is 5.31. The number of carbonyl (C=O) groups excluding carboxylic acids is 2. The van der Waals surface area contributed by atoms with Gasteiger partial charge in [0.25, 0.3) is 5.91 Å². The number of nitrogens with one attached hydrogen (secondary N) is 2. The van der Waals surface area contributed by atoms with E-state index < -0.39 is 0 Å². The molecule has 0 fully saturated rings. The molecule has 3 atom stereocenters. The summed E-state index contributed by atoms with van der Waals surface area (Å²) in [5.74, 6) is -0.483. The summed E-state index contributed by atoms with van der Waals surface area (Å²) < 4.78 is 14.0. The molecule has 2 N–H and O–H groups in total. The highest BCUT2D eigenvalue weighted by molar-refractivity contribution is 5.95. The van der Waals surface area contributed by atoms with Crippen LogP contribution >= 0.6 is 0 Å². The third kappa shape index (κ3) is 3.52. The van der Waals surface area contributed by atoms with Crippen molar-refractivity contribution in [1.29, 1.82) is 0 Å². The van der Waals surface area contributed by atoms with Gasteiger partial charge in [0.15, 0.2) is 0 Å². The van der Waals surface area contributed by atoms with Gasteiger partial charge in [0.05, 0.1) is 6.04 Å². The predicted molar refractivity (Wildman–Crippen MR) is 104 cm³/mol. The van der Waals surface area contributed by atoms with Gasteiger partial charge in [-0.25, -0.2) is 4.39 Å². The van der Waals surface area contributed by atoms with Gasteiger partial charge in [-0.2, -0.15) is 0 Å². The lowest BCUT2D eigenvalue weighted by Gasteiger charge is -2.44. The van der Waals surface area contributed by atoms with Crippen LogP contribution in [0.25, 0.3) is 0 Å². The van der Waals surface area contributed by atoms with Crippen LogP contribution in [0.4, 0.5) is 15.8 Å². The van der Waals surface area contributed by atoms with Gasteiger partial charge in [-0.3, -0.25) is 9.59 Å². The summed E-state index contributed by atoms with van der Waals surface area (Å²) >= 11 is 0. The van der Waals surface area contributed by atoms with Crippen LogP contribution in [0.5, 0.6) is 0 Å². The molecule has 0 spiro atoms. The van der Waals surface area contributed by atoms with Gasteiger partial charge in [-0.1, -0.05) is 6.92 Å². The summed E-state index contributed by atoms with van der Waals surface area (Å²) in [7, 11) is 1.59. The van der Waals surface area contributed by atoms with Crippen LogP contribution in [0.1, 0.15) is 42.7 Å². The van der Waals surface area contributed by atoms with E-state index in [-0.39, 0.29) is 35.6 Å². The monoisotopic (exact) mass is 369 g/mol. The molecular formula is C21H24FN3O2. The van der Waals surface area contributed by atoms with E-state index in [1.54, 1.807) is 30.1 Å². The zero-order valence-electron chi connectivity index (χ0n) is 15.9. The van der Waals surface area contributed by atoms with E-state index in [9.17, 15) is 14.0 Å². The molecule has 3 rings (SSSR count). The van der Waals surface area contributed by atoms with Crippen LogP contribution < -0.4 is 15.5 Å². The van der Waals surface area contributed by atoms with Crippen molar-refractivity contribution in [3.8, 4) is 0 Å². The Balaban J connectivity index is 1.97. The van der Waals surface area contributed by atoms with E-state index in [1.807, 2.05) is 26.0 Å². The molecule has 6 heteroatoms. The molecule has 0 saturated heterocycles. The second-order valence-corrected chi connectivity index (χ2v) is 6.97. The first-order valence-electron chi connectivity index (χ1n) is 9.01. The Kier molecular flexibility index (Phi) is 5.17. The molecule has 27 heavy (non-hydrogen) atoms. The fourth-order valence-electron chi connectivity index (χ4n) is 3.72. The van der Waals surface area contributed by atoms with E-state index in [1.165, 1.54) is 19.1 Å². The van der Waals surface area contributed by atoms with Crippen molar-refractivity contribution in [2.75, 3.05) is 17.3 Å². The smallest absolute Gasteiger partial charge is 0.251 e. The van der Waals surface area contributed by atoms with Crippen molar-refractivity contribution in [3.63, 3.8) is 0 Å². The fraction of sp³-hybridized carbons (Fsp3) is 0.333. The van der Waals surface area contributed by atoms with Crippen molar-refractivity contribution < 1.29 is 14.0 Å². The second-order valence-electron chi connectivity index (χ2n) is 6.97. The number of hydrogen-bond acceptors (Lipinski definition) is 3. The zero-order chi connectivity index (χ0) is 19.7. The predicted octanol–water partition coefficient (Wildman–Crippen LogP) is 3.73. The molecule has 0 radical (unpaired) electrons. The third-order valence-corrected chi connectivity index (χ3v) is 5.31. The van der Waals surface area contributed by atoms with Gasteiger partial charge in [-0.05, 0) is 49.4 Å². The first-order valence-corrected chi connectivity index (χ1v) is 9.01. The van der Waals surface area contributed by atoms with Gasteiger partial charge >= 0.3 is 0 Å². The van der Waals surface area contributed by atoms with Crippen molar-refractivity contribution in [2.24, 2.45) is 5.92 Å². The first kappa shape index (κ1) is 18.9. The molecular weight excluding hydrogens is 345 g/mol. The maximum absolute atomic E-state index is 14.0. The number of anilines is 2. The number of benzene rings is 2. The normalized spacial score (nSPS) is 21.4. The lowest BCUT2D eigenvalue weighted by atomic mass is 9.82. The Morgan fingerprint density at radius 3 is 2.33 bits per heavy atom. The summed E-state index contributed by atoms with van der Waals surface area (Å²) in [6, 6.07) is 11.5. The molecule has 0 aliphatic carbocycles. The lowest BCUT2D eigenvalue weighted by Crippen LogP contribution is -2.48. The minimum Gasteiger partial charge on any atom is -0.378 e. The SMILES string of the molecule is CNC(=O)c1ccc(NC2c3cc(F)ccc3N(C(C)=O)[C@@H](C)C2C)cc1. The maximum Gasteiger partial charge on any atom is 0.251 e. The van der Waals surface area contributed by atoms with Crippen molar-refractivity contribution in [3.05, 3.63) is 59.4 Å². The Morgan fingerprint density at radius 1 is 1.07 bits per heavy atom. The molecule has 1 aliphatic rings. The highest BCUT2D eigenvalue weighted by atomic mass is 19.1. The van der Waals surface area contributed by atoms with Gasteiger partial charge in [-0.15, -0.1) is 0 Å². The van der Waals surface area contributed by atoms with E-state index >= 15 is 0 Å². The number of nitrogens with zero attached hydrogens (tertiary/aromatic N) is 1. The van der Waals surface area contributed by atoms with Crippen LogP contribution in [0.15, 0.2) is 42.5 Å². The molecule has 5 nitrogen and oxygen atoms in total. The molecule has 2 unspecified atom stereocenters. The van der Waals surface area contributed by atoms with E-state index in [0.717, 1.165) is 16.9 Å². The van der Waals surface area contributed by atoms with Gasteiger partial charge in [0.2, 0.25) is 5.91 Å². The van der Waals surface area contributed by atoms with Crippen molar-refractivity contribution in [1.82, 2.24) is 5.32 Å². The first-order chi connectivity index (χ1) is 12.8. The van der Waals surface area contributed by atoms with Crippen molar-refractivity contribution in [2.45, 2.75) is 32.9 Å². The zero-order valence-corrected chi connectivity index (χ0v) is 15.9. The standard InChI is InChI=1S/C21H24FN3O2/c1-12-13(2)25(14(3)26)19-10-7-16(22)11-18(19)20(12)24-17-8-5-15(6-9-17)21(27)23-4/h5-13,20,24H,1-4H3,(H,23,27)/t12?,13-,20?/m0/s1. The van der Waals surface area contributed by atoms with E-state index in [0.29, 0.717) is 5.56 Å². The Bertz CT molecular complexity index is 866. The minimum absolute atomic E-state index is 0.0388. The van der Waals surface area contributed by atoms with Gasteiger partial charge < -0.3 is 15.5 Å². The lowest BCUT2D eigenvalue weighted by molar-refractivity contribution is -0.117. The Labute approximate surface area is 158 Å². The summed E-state index contributed by atoms with van der Waals surface area (Å²) in [4.78, 5) is 25.6. The van der Waals surface area contributed by atoms with E-state index in [4.69, 9.17) is 0 Å². The molecule has 2 amide bonds. The summed E-state index contributed by atoms with van der Waals surface area (Å²) in [5.41, 5.74) is 2.89. The molecule has 0 saturated carbocycles. The molecule has 1 aliphatic heterocycles. The number of rotatable bonds is 3. The largest absolute Gasteiger partial charge is 0.378 e. The Hall–Kier alpha value is -2.89. The molecule has 1 heterocycles. The molecule has 0 aromatic heterocycles. The molecule has 0 bridgehead atoms. The van der Waals surface area contributed by atoms with Crippen LogP contribution in [0, 0.1) is 11.7 Å². The van der Waals surface area contributed by atoms with Crippen LogP contribution in [0.3, 0.4) is 0 Å². The van der Waals surface area contributed by atoms with Crippen LogP contribution in [0.2, 0.25) is 0 Å². The van der Waals surface area contributed by atoms with Gasteiger partial charge in [0.1, 0.15) is 5.82 Å². The summed E-state index contributed by atoms with van der Waals surface area (Å²) in [6.45, 7) is 5.58. The topological polar surface area (TPSA) is 61.4 Å². The molecule has 142 valence electrons. The van der Waals surface area contributed by atoms with Gasteiger partial charge in [0, 0.05) is 48.4 Å². The van der Waals surface area contributed by atoms with Crippen LogP contribution in [-0.2, 0) is 4.79 Å². The fourth-order valence-corrected chi connectivity index (χ4v) is 3.72. The number of carbonyl (C=O) groups is 2. The second kappa shape index (κ2) is 7.39.